The molecule has 2 rings (SSSR count). The van der Waals surface area contributed by atoms with Crippen molar-refractivity contribution in [2.45, 2.75) is 13.3 Å². The van der Waals surface area contributed by atoms with E-state index in [1.54, 1.807) is 12.1 Å². The molecule has 0 radical (unpaired) electrons. The predicted octanol–water partition coefficient (Wildman–Crippen LogP) is 3.43. The number of amides is 1. The highest BCUT2D eigenvalue weighted by Crippen LogP contribution is 2.19. The molecule has 6 heteroatoms. The van der Waals surface area contributed by atoms with Crippen LogP contribution in [0.3, 0.4) is 0 Å². The van der Waals surface area contributed by atoms with E-state index in [4.69, 9.17) is 0 Å². The molecule has 4 nitrogen and oxygen atoms in total. The second kappa shape index (κ2) is 6.78. The molecule has 110 valence electrons. The summed E-state index contributed by atoms with van der Waals surface area (Å²) in [5, 5.41) is 5.27. The smallest absolute Gasteiger partial charge is 0.257 e. The standard InChI is InChI=1S/C15H15F2N3O/c1-2-8-18-13-7-6-10(9-19-13)15(21)20-14-11(16)4-3-5-12(14)17/h3-7,9H,2,8H2,1H3,(H,18,19)(H,20,21). The topological polar surface area (TPSA) is 54.0 Å². The number of pyridine rings is 1. The minimum Gasteiger partial charge on any atom is -0.370 e. The van der Waals surface area contributed by atoms with E-state index in [1.165, 1.54) is 12.3 Å². The molecular formula is C15H15F2N3O. The number of para-hydroxylation sites is 1. The molecule has 0 spiro atoms. The van der Waals surface area contributed by atoms with Crippen LogP contribution >= 0.6 is 0 Å². The van der Waals surface area contributed by atoms with Crippen LogP contribution in [-0.4, -0.2) is 17.4 Å². The summed E-state index contributed by atoms with van der Waals surface area (Å²) in [6.45, 7) is 2.80. The van der Waals surface area contributed by atoms with Crippen LogP contribution in [0, 0.1) is 11.6 Å². The van der Waals surface area contributed by atoms with Gasteiger partial charge >= 0.3 is 0 Å². The third kappa shape index (κ3) is 3.75. The van der Waals surface area contributed by atoms with Gasteiger partial charge in [0.2, 0.25) is 0 Å². The first kappa shape index (κ1) is 14.9. The molecule has 0 aliphatic rings. The Bertz CT molecular complexity index is 609. The number of aromatic nitrogens is 1. The van der Waals surface area contributed by atoms with Crippen molar-refractivity contribution in [3.8, 4) is 0 Å². The van der Waals surface area contributed by atoms with Crippen LogP contribution in [0.15, 0.2) is 36.5 Å². The Kier molecular flexibility index (Phi) is 4.81. The van der Waals surface area contributed by atoms with Crippen molar-refractivity contribution in [2.75, 3.05) is 17.2 Å². The van der Waals surface area contributed by atoms with Gasteiger partial charge in [-0.3, -0.25) is 4.79 Å². The summed E-state index contributed by atoms with van der Waals surface area (Å²) >= 11 is 0. The summed E-state index contributed by atoms with van der Waals surface area (Å²) < 4.78 is 26.9. The Morgan fingerprint density at radius 2 is 1.90 bits per heavy atom. The van der Waals surface area contributed by atoms with Gasteiger partial charge in [0.05, 0.1) is 5.56 Å². The number of nitrogens with zero attached hydrogens (tertiary/aromatic N) is 1. The van der Waals surface area contributed by atoms with E-state index in [1.807, 2.05) is 6.92 Å². The molecule has 0 fully saturated rings. The molecule has 0 bridgehead atoms. The minimum atomic E-state index is -0.822. The van der Waals surface area contributed by atoms with Gasteiger partial charge in [0.1, 0.15) is 23.1 Å². The van der Waals surface area contributed by atoms with E-state index in [9.17, 15) is 13.6 Å². The zero-order valence-electron chi connectivity index (χ0n) is 11.5. The van der Waals surface area contributed by atoms with Crippen molar-refractivity contribution in [3.63, 3.8) is 0 Å². The summed E-state index contributed by atoms with van der Waals surface area (Å²) in [4.78, 5) is 16.0. The molecule has 1 amide bonds. The molecule has 0 aliphatic heterocycles. The van der Waals surface area contributed by atoms with Gasteiger partial charge < -0.3 is 10.6 Å². The predicted molar refractivity (Wildman–Crippen MR) is 77.3 cm³/mol. The second-order valence-corrected chi connectivity index (χ2v) is 4.41. The van der Waals surface area contributed by atoms with Crippen molar-refractivity contribution < 1.29 is 13.6 Å². The average Bonchev–Trinajstić information content (AvgIpc) is 2.49. The lowest BCUT2D eigenvalue weighted by Gasteiger charge is -2.08. The monoisotopic (exact) mass is 291 g/mol. The summed E-state index contributed by atoms with van der Waals surface area (Å²) in [7, 11) is 0. The largest absolute Gasteiger partial charge is 0.370 e. The van der Waals surface area contributed by atoms with Crippen LogP contribution in [0.4, 0.5) is 20.3 Å². The molecule has 21 heavy (non-hydrogen) atoms. The number of benzene rings is 1. The van der Waals surface area contributed by atoms with Crippen LogP contribution in [0.2, 0.25) is 0 Å². The van der Waals surface area contributed by atoms with E-state index in [0.717, 1.165) is 25.1 Å². The van der Waals surface area contributed by atoms with Gasteiger partial charge in [-0.15, -0.1) is 0 Å². The van der Waals surface area contributed by atoms with E-state index in [0.29, 0.717) is 5.82 Å². The first-order valence-corrected chi connectivity index (χ1v) is 6.57. The number of carbonyl (C=O) groups is 1. The first-order chi connectivity index (χ1) is 10.1. The summed E-state index contributed by atoms with van der Waals surface area (Å²) in [5.74, 6) is -1.62. The number of halogens is 2. The number of hydrogen-bond acceptors (Lipinski definition) is 3. The van der Waals surface area contributed by atoms with Crippen molar-refractivity contribution in [2.24, 2.45) is 0 Å². The molecule has 1 heterocycles. The Hall–Kier alpha value is -2.50. The van der Waals surface area contributed by atoms with Gasteiger partial charge in [-0.25, -0.2) is 13.8 Å². The summed E-state index contributed by atoms with van der Waals surface area (Å²) in [6, 6.07) is 6.57. The van der Waals surface area contributed by atoms with Gasteiger partial charge in [0.25, 0.3) is 5.91 Å². The SMILES string of the molecule is CCCNc1ccc(C(=O)Nc2c(F)cccc2F)cn1. The van der Waals surface area contributed by atoms with Gasteiger partial charge in [0.15, 0.2) is 0 Å². The van der Waals surface area contributed by atoms with Crippen molar-refractivity contribution in [1.82, 2.24) is 4.98 Å². The number of nitrogens with one attached hydrogen (secondary N) is 2. The number of anilines is 2. The highest BCUT2D eigenvalue weighted by atomic mass is 19.1. The Labute approximate surface area is 121 Å². The van der Waals surface area contributed by atoms with Crippen molar-refractivity contribution >= 4 is 17.4 Å². The maximum atomic E-state index is 13.4. The fraction of sp³-hybridized carbons (Fsp3) is 0.200. The first-order valence-electron chi connectivity index (χ1n) is 6.57. The maximum Gasteiger partial charge on any atom is 0.257 e. The summed E-state index contributed by atoms with van der Waals surface area (Å²) in [5.41, 5.74) is -0.240. The molecule has 0 saturated carbocycles. The molecule has 2 N–H and O–H groups in total. The number of hydrogen-bond donors (Lipinski definition) is 2. The van der Waals surface area contributed by atoms with Crippen LogP contribution in [0.5, 0.6) is 0 Å². The molecule has 0 unspecified atom stereocenters. The normalized spacial score (nSPS) is 10.2. The van der Waals surface area contributed by atoms with Gasteiger partial charge in [-0.1, -0.05) is 13.0 Å². The highest BCUT2D eigenvalue weighted by Gasteiger charge is 2.13. The van der Waals surface area contributed by atoms with Crippen molar-refractivity contribution in [1.29, 1.82) is 0 Å². The minimum absolute atomic E-state index is 0.222. The van der Waals surface area contributed by atoms with E-state index >= 15 is 0 Å². The molecular weight excluding hydrogens is 276 g/mol. The molecule has 0 saturated heterocycles. The maximum absolute atomic E-state index is 13.4. The zero-order chi connectivity index (χ0) is 15.2. The van der Waals surface area contributed by atoms with Crippen LogP contribution in [-0.2, 0) is 0 Å². The lowest BCUT2D eigenvalue weighted by atomic mass is 10.2. The third-order valence-electron chi connectivity index (χ3n) is 2.78. The van der Waals surface area contributed by atoms with E-state index in [-0.39, 0.29) is 5.56 Å². The van der Waals surface area contributed by atoms with Gasteiger partial charge in [0, 0.05) is 12.7 Å². The van der Waals surface area contributed by atoms with Crippen LogP contribution in [0.1, 0.15) is 23.7 Å². The van der Waals surface area contributed by atoms with E-state index < -0.39 is 23.2 Å². The quantitative estimate of drug-likeness (QED) is 0.887. The Morgan fingerprint density at radius 1 is 1.19 bits per heavy atom. The molecule has 2 aromatic rings. The molecule has 1 aromatic carbocycles. The Balaban J connectivity index is 2.10. The Morgan fingerprint density at radius 3 is 2.48 bits per heavy atom. The van der Waals surface area contributed by atoms with Crippen LogP contribution < -0.4 is 10.6 Å². The number of rotatable bonds is 5. The molecule has 0 atom stereocenters. The van der Waals surface area contributed by atoms with Crippen molar-refractivity contribution in [3.05, 3.63) is 53.7 Å². The molecule has 0 aliphatic carbocycles. The fourth-order valence-electron chi connectivity index (χ4n) is 1.69. The lowest BCUT2D eigenvalue weighted by Crippen LogP contribution is -2.15. The zero-order valence-corrected chi connectivity index (χ0v) is 11.5. The lowest BCUT2D eigenvalue weighted by molar-refractivity contribution is 0.102. The second-order valence-electron chi connectivity index (χ2n) is 4.41. The third-order valence-corrected chi connectivity index (χ3v) is 2.78. The van der Waals surface area contributed by atoms with Gasteiger partial charge in [-0.2, -0.15) is 0 Å². The van der Waals surface area contributed by atoms with Gasteiger partial charge in [-0.05, 0) is 30.7 Å². The highest BCUT2D eigenvalue weighted by molar-refractivity contribution is 6.04. The average molecular weight is 291 g/mol. The molecule has 1 aromatic heterocycles. The van der Waals surface area contributed by atoms with E-state index in [2.05, 4.69) is 15.6 Å². The number of carbonyl (C=O) groups excluding carboxylic acids is 1. The van der Waals surface area contributed by atoms with Crippen LogP contribution in [0.25, 0.3) is 0 Å². The summed E-state index contributed by atoms with van der Waals surface area (Å²) in [6.07, 6.45) is 2.31. The fourth-order valence-corrected chi connectivity index (χ4v) is 1.69.